The highest BCUT2D eigenvalue weighted by molar-refractivity contribution is 7.16. The van der Waals surface area contributed by atoms with Crippen LogP contribution in [0.15, 0.2) is 23.8 Å². The van der Waals surface area contributed by atoms with Gasteiger partial charge in [-0.15, -0.1) is 11.3 Å². The van der Waals surface area contributed by atoms with Gasteiger partial charge in [-0.2, -0.15) is 18.3 Å². The summed E-state index contributed by atoms with van der Waals surface area (Å²) in [7, 11) is 0. The van der Waals surface area contributed by atoms with Gasteiger partial charge in [0.1, 0.15) is 22.2 Å². The number of hydrogen-bond acceptors (Lipinski definition) is 6. The van der Waals surface area contributed by atoms with Crippen molar-refractivity contribution in [2.75, 3.05) is 19.6 Å². The summed E-state index contributed by atoms with van der Waals surface area (Å²) in [6.45, 7) is -1.37. The van der Waals surface area contributed by atoms with Gasteiger partial charge in [-0.25, -0.2) is 19.3 Å². The molecule has 0 radical (unpaired) electrons. The quantitative estimate of drug-likeness (QED) is 0.562. The lowest BCUT2D eigenvalue weighted by Gasteiger charge is -2.37. The van der Waals surface area contributed by atoms with Crippen LogP contribution in [-0.4, -0.2) is 78.3 Å². The lowest BCUT2D eigenvalue weighted by atomic mass is 10.0. The van der Waals surface area contributed by atoms with Crippen molar-refractivity contribution in [1.29, 1.82) is 0 Å². The maximum atomic E-state index is 13.0. The van der Waals surface area contributed by atoms with Crippen molar-refractivity contribution in [1.82, 2.24) is 29.4 Å². The van der Waals surface area contributed by atoms with Crippen molar-refractivity contribution < 1.29 is 27.9 Å². The van der Waals surface area contributed by atoms with Gasteiger partial charge in [-0.05, 0) is 12.8 Å². The molecule has 0 bridgehead atoms. The van der Waals surface area contributed by atoms with Gasteiger partial charge in [-0.1, -0.05) is 11.6 Å². The number of carbonyl (C=O) groups is 2. The molecule has 0 saturated carbocycles. The van der Waals surface area contributed by atoms with E-state index in [1.165, 1.54) is 22.3 Å². The Labute approximate surface area is 188 Å². The third kappa shape index (κ3) is 4.63. The fourth-order valence-corrected chi connectivity index (χ4v) is 4.59. The molecule has 0 spiro atoms. The SMILES string of the molecule is O=C(c1cc(Cl)nc(-c2cnn3ccsc23)n1)N1CCC(N(CC(F)(F)F)C(=O)O)CC1. The fourth-order valence-electron chi connectivity index (χ4n) is 3.62. The normalized spacial score (nSPS) is 15.3. The van der Waals surface area contributed by atoms with Gasteiger partial charge in [0.2, 0.25) is 0 Å². The first kappa shape index (κ1) is 22.3. The molecule has 170 valence electrons. The van der Waals surface area contributed by atoms with Crippen LogP contribution < -0.4 is 0 Å². The summed E-state index contributed by atoms with van der Waals surface area (Å²) in [6, 6.07) is 0.490. The summed E-state index contributed by atoms with van der Waals surface area (Å²) >= 11 is 7.53. The van der Waals surface area contributed by atoms with E-state index in [-0.39, 0.29) is 42.6 Å². The number of carboxylic acid groups (broad SMARTS) is 1. The van der Waals surface area contributed by atoms with Gasteiger partial charge >= 0.3 is 12.3 Å². The number of thiazole rings is 1. The number of rotatable bonds is 4. The average Bonchev–Trinajstić information content (AvgIpc) is 3.34. The van der Waals surface area contributed by atoms with Crippen LogP contribution in [0.25, 0.3) is 16.2 Å². The number of hydrogen-bond donors (Lipinski definition) is 1. The largest absolute Gasteiger partial charge is 0.465 e. The van der Waals surface area contributed by atoms with E-state index in [9.17, 15) is 22.8 Å². The maximum Gasteiger partial charge on any atom is 0.407 e. The molecular weight excluding hydrogens is 473 g/mol. The molecule has 1 N–H and O–H groups in total. The highest BCUT2D eigenvalue weighted by atomic mass is 35.5. The molecule has 3 aromatic heterocycles. The number of aromatic nitrogens is 4. The lowest BCUT2D eigenvalue weighted by molar-refractivity contribution is -0.147. The minimum atomic E-state index is -4.64. The summed E-state index contributed by atoms with van der Waals surface area (Å²) < 4.78 is 39.8. The third-order valence-electron chi connectivity index (χ3n) is 5.07. The van der Waals surface area contributed by atoms with E-state index in [0.29, 0.717) is 10.5 Å². The number of fused-ring (bicyclic) bond motifs is 1. The van der Waals surface area contributed by atoms with Crippen LogP contribution in [0.5, 0.6) is 0 Å². The molecule has 32 heavy (non-hydrogen) atoms. The van der Waals surface area contributed by atoms with Gasteiger partial charge in [0.05, 0.1) is 11.8 Å². The van der Waals surface area contributed by atoms with E-state index in [2.05, 4.69) is 15.1 Å². The van der Waals surface area contributed by atoms with Gasteiger partial charge in [-0.3, -0.25) is 9.69 Å². The van der Waals surface area contributed by atoms with Crippen LogP contribution in [0.4, 0.5) is 18.0 Å². The fraction of sp³-hybridized carbons (Fsp3) is 0.389. The van der Waals surface area contributed by atoms with E-state index >= 15 is 0 Å². The number of carbonyl (C=O) groups excluding carboxylic acids is 1. The van der Waals surface area contributed by atoms with Gasteiger partial charge in [0, 0.05) is 36.8 Å². The molecule has 1 aliphatic rings. The van der Waals surface area contributed by atoms with Gasteiger partial charge in [0.25, 0.3) is 5.91 Å². The number of piperidine rings is 1. The van der Waals surface area contributed by atoms with Crippen molar-refractivity contribution in [3.05, 3.63) is 34.7 Å². The first-order valence-corrected chi connectivity index (χ1v) is 10.7. The molecule has 1 aliphatic heterocycles. The summed E-state index contributed by atoms with van der Waals surface area (Å²) in [5.41, 5.74) is 0.652. The molecule has 0 atom stereocenters. The molecule has 1 saturated heterocycles. The van der Waals surface area contributed by atoms with Crippen molar-refractivity contribution in [2.45, 2.75) is 25.1 Å². The predicted molar refractivity (Wildman–Crippen MR) is 109 cm³/mol. The summed E-state index contributed by atoms with van der Waals surface area (Å²) in [5, 5.41) is 15.3. The average molecular weight is 489 g/mol. The maximum absolute atomic E-state index is 13.0. The monoisotopic (exact) mass is 488 g/mol. The van der Waals surface area contributed by atoms with E-state index in [4.69, 9.17) is 16.7 Å². The van der Waals surface area contributed by atoms with Crippen molar-refractivity contribution >= 4 is 39.8 Å². The van der Waals surface area contributed by atoms with Gasteiger partial charge in [0.15, 0.2) is 5.82 Å². The highest BCUT2D eigenvalue weighted by Crippen LogP contribution is 2.27. The standard InChI is InChI=1S/C18H16ClF3N6O3S/c19-13-7-12(24-14(25-13)11-8-23-28-5-6-32-16(11)28)15(29)26-3-1-10(2-4-26)27(17(30)31)9-18(20,21)22/h5-8,10H,1-4,9H2,(H,30,31). The van der Waals surface area contributed by atoms with E-state index in [0.717, 1.165) is 4.83 Å². The first-order chi connectivity index (χ1) is 15.1. The Bertz CT molecular complexity index is 1160. The molecule has 0 unspecified atom stereocenters. The zero-order chi connectivity index (χ0) is 23.0. The number of nitrogens with zero attached hydrogens (tertiary/aromatic N) is 6. The van der Waals surface area contributed by atoms with Crippen molar-refractivity contribution in [2.24, 2.45) is 0 Å². The minimum Gasteiger partial charge on any atom is -0.465 e. The van der Waals surface area contributed by atoms with Crippen molar-refractivity contribution in [3.8, 4) is 11.4 Å². The smallest absolute Gasteiger partial charge is 0.407 e. The number of halogens is 4. The number of likely N-dealkylation sites (tertiary alicyclic amines) is 1. The zero-order valence-corrected chi connectivity index (χ0v) is 17.9. The summed E-state index contributed by atoms with van der Waals surface area (Å²) in [4.78, 5) is 35.4. The molecule has 1 fully saturated rings. The first-order valence-electron chi connectivity index (χ1n) is 9.44. The summed E-state index contributed by atoms with van der Waals surface area (Å²) in [5.74, 6) is -0.225. The minimum absolute atomic E-state index is 0.0414. The second kappa shape index (κ2) is 8.54. The molecule has 4 rings (SSSR count). The molecular formula is C18H16ClF3N6O3S. The molecule has 0 aliphatic carbocycles. The van der Waals surface area contributed by atoms with E-state index in [1.54, 1.807) is 16.9 Å². The van der Waals surface area contributed by atoms with Crippen molar-refractivity contribution in [3.63, 3.8) is 0 Å². The number of alkyl halides is 3. The Morgan fingerprint density at radius 1 is 1.28 bits per heavy atom. The Morgan fingerprint density at radius 2 is 2.00 bits per heavy atom. The Balaban J connectivity index is 1.49. The van der Waals surface area contributed by atoms with E-state index < -0.39 is 30.8 Å². The molecule has 9 nitrogen and oxygen atoms in total. The Hall–Kier alpha value is -2.93. The zero-order valence-electron chi connectivity index (χ0n) is 16.3. The second-order valence-corrected chi connectivity index (χ2v) is 8.44. The summed E-state index contributed by atoms with van der Waals surface area (Å²) in [6.07, 6.45) is -2.78. The second-order valence-electron chi connectivity index (χ2n) is 7.16. The predicted octanol–water partition coefficient (Wildman–Crippen LogP) is 3.65. The molecule has 3 aromatic rings. The Kier molecular flexibility index (Phi) is 5.95. The van der Waals surface area contributed by atoms with Crippen LogP contribution in [0.1, 0.15) is 23.3 Å². The molecule has 14 heteroatoms. The number of amides is 2. The lowest BCUT2D eigenvalue weighted by Crippen LogP contribution is -2.51. The van der Waals surface area contributed by atoms with Crippen LogP contribution in [-0.2, 0) is 0 Å². The van der Waals surface area contributed by atoms with Gasteiger partial charge < -0.3 is 10.0 Å². The highest BCUT2D eigenvalue weighted by Gasteiger charge is 2.38. The molecule has 0 aromatic carbocycles. The molecule has 2 amide bonds. The van der Waals surface area contributed by atoms with Crippen LogP contribution >= 0.6 is 22.9 Å². The molecule has 4 heterocycles. The van der Waals surface area contributed by atoms with Crippen LogP contribution in [0.2, 0.25) is 5.15 Å². The van der Waals surface area contributed by atoms with Crippen LogP contribution in [0.3, 0.4) is 0 Å². The Morgan fingerprint density at radius 3 is 2.66 bits per heavy atom. The topological polar surface area (TPSA) is 104 Å². The van der Waals surface area contributed by atoms with Crippen LogP contribution in [0, 0.1) is 0 Å². The third-order valence-corrected chi connectivity index (χ3v) is 6.16. The van der Waals surface area contributed by atoms with E-state index in [1.807, 2.05) is 5.38 Å².